The largest absolute Gasteiger partial charge is 0.416 e. The summed E-state index contributed by atoms with van der Waals surface area (Å²) in [5.41, 5.74) is 7.08. The monoisotopic (exact) mass is 399 g/mol. The summed E-state index contributed by atoms with van der Waals surface area (Å²) in [5, 5.41) is 5.54. The summed E-state index contributed by atoms with van der Waals surface area (Å²) in [6, 6.07) is 11.7. The number of amides is 1. The molecule has 0 bridgehead atoms. The minimum Gasteiger partial charge on any atom is -0.322 e. The Kier molecular flexibility index (Phi) is 4.39. The highest BCUT2D eigenvalue weighted by Gasteiger charge is 2.42. The molecule has 29 heavy (non-hydrogen) atoms. The van der Waals surface area contributed by atoms with Gasteiger partial charge in [0, 0.05) is 35.1 Å². The van der Waals surface area contributed by atoms with Gasteiger partial charge in [0.05, 0.1) is 11.3 Å². The standard InChI is InChI=1S/C20H16F3N5O/c21-20(22,23)14-4-2-5-15(11-14)28-19(24,8-10-26-28)18(29)27-17-6-1-3-13-12-25-9-7-16(13)17/h1-12,26H,24H2,(H,27,29). The number of hydrogen-bond donors (Lipinski definition) is 3. The molecule has 1 aromatic heterocycles. The Balaban J connectivity index is 1.66. The summed E-state index contributed by atoms with van der Waals surface area (Å²) in [6.07, 6.45) is 1.54. The van der Waals surface area contributed by atoms with Crippen LogP contribution in [0.3, 0.4) is 0 Å². The van der Waals surface area contributed by atoms with Crippen molar-refractivity contribution in [2.45, 2.75) is 11.8 Å². The number of pyridine rings is 1. The van der Waals surface area contributed by atoms with Crippen LogP contribution in [0.5, 0.6) is 0 Å². The number of alkyl halides is 3. The lowest BCUT2D eigenvalue weighted by molar-refractivity contribution is -0.137. The van der Waals surface area contributed by atoms with Crippen molar-refractivity contribution in [2.24, 2.45) is 5.73 Å². The maximum absolute atomic E-state index is 13.1. The fourth-order valence-electron chi connectivity index (χ4n) is 3.16. The molecule has 0 fully saturated rings. The van der Waals surface area contributed by atoms with E-state index in [0.29, 0.717) is 5.69 Å². The van der Waals surface area contributed by atoms with Gasteiger partial charge in [-0.05, 0) is 36.4 Å². The van der Waals surface area contributed by atoms with E-state index in [2.05, 4.69) is 15.7 Å². The molecule has 1 atom stereocenters. The van der Waals surface area contributed by atoms with Crippen LogP contribution >= 0.6 is 0 Å². The van der Waals surface area contributed by atoms with Crippen LogP contribution in [-0.4, -0.2) is 16.6 Å². The maximum Gasteiger partial charge on any atom is 0.416 e. The zero-order valence-electron chi connectivity index (χ0n) is 14.9. The molecular weight excluding hydrogens is 383 g/mol. The molecule has 0 spiro atoms. The smallest absolute Gasteiger partial charge is 0.322 e. The molecule has 0 saturated heterocycles. The van der Waals surface area contributed by atoms with E-state index in [-0.39, 0.29) is 5.69 Å². The summed E-state index contributed by atoms with van der Waals surface area (Å²) in [4.78, 5) is 17.1. The molecule has 1 aliphatic heterocycles. The van der Waals surface area contributed by atoms with Gasteiger partial charge in [0.1, 0.15) is 0 Å². The van der Waals surface area contributed by atoms with Gasteiger partial charge in [0.2, 0.25) is 5.66 Å². The van der Waals surface area contributed by atoms with Crippen molar-refractivity contribution in [1.29, 1.82) is 0 Å². The lowest BCUT2D eigenvalue weighted by Gasteiger charge is -2.34. The summed E-state index contributed by atoms with van der Waals surface area (Å²) < 4.78 is 39.2. The van der Waals surface area contributed by atoms with Gasteiger partial charge in [0.15, 0.2) is 0 Å². The minimum atomic E-state index is -4.51. The van der Waals surface area contributed by atoms with Crippen LogP contribution in [0.1, 0.15) is 5.56 Å². The van der Waals surface area contributed by atoms with E-state index in [0.717, 1.165) is 22.9 Å². The fourth-order valence-corrected chi connectivity index (χ4v) is 3.16. The fraction of sp³-hybridized carbons (Fsp3) is 0.100. The Morgan fingerprint density at radius 3 is 2.76 bits per heavy atom. The average molecular weight is 399 g/mol. The predicted octanol–water partition coefficient (Wildman–Crippen LogP) is 3.39. The number of anilines is 2. The third-order valence-electron chi connectivity index (χ3n) is 4.64. The molecule has 2 aromatic carbocycles. The third kappa shape index (κ3) is 3.36. The van der Waals surface area contributed by atoms with E-state index in [1.165, 1.54) is 29.4 Å². The van der Waals surface area contributed by atoms with Crippen LogP contribution in [0, 0.1) is 0 Å². The second kappa shape index (κ2) is 6.78. The second-order valence-corrected chi connectivity index (χ2v) is 6.53. The van der Waals surface area contributed by atoms with Crippen LogP contribution < -0.4 is 21.5 Å². The molecule has 0 saturated carbocycles. The van der Waals surface area contributed by atoms with Crippen molar-refractivity contribution in [2.75, 3.05) is 10.3 Å². The first-order valence-electron chi connectivity index (χ1n) is 8.63. The Morgan fingerprint density at radius 1 is 1.17 bits per heavy atom. The van der Waals surface area contributed by atoms with Crippen molar-refractivity contribution < 1.29 is 18.0 Å². The molecule has 4 rings (SSSR count). The topological polar surface area (TPSA) is 83.3 Å². The zero-order chi connectivity index (χ0) is 20.6. The second-order valence-electron chi connectivity index (χ2n) is 6.53. The lowest BCUT2D eigenvalue weighted by atomic mass is 10.1. The molecule has 0 radical (unpaired) electrons. The van der Waals surface area contributed by atoms with Gasteiger partial charge in [-0.25, -0.2) is 0 Å². The number of hydrazine groups is 1. The number of halogens is 3. The molecule has 1 unspecified atom stereocenters. The maximum atomic E-state index is 13.1. The van der Waals surface area contributed by atoms with Crippen molar-refractivity contribution in [1.82, 2.24) is 10.4 Å². The number of nitrogens with two attached hydrogens (primary N) is 1. The van der Waals surface area contributed by atoms with Gasteiger partial charge in [0.25, 0.3) is 5.91 Å². The number of carbonyl (C=O) groups is 1. The summed E-state index contributed by atoms with van der Waals surface area (Å²) >= 11 is 0. The molecule has 1 amide bonds. The van der Waals surface area contributed by atoms with Crippen LogP contribution in [-0.2, 0) is 11.0 Å². The van der Waals surface area contributed by atoms with Crippen LogP contribution in [0.15, 0.2) is 73.2 Å². The van der Waals surface area contributed by atoms with Crippen molar-refractivity contribution >= 4 is 28.1 Å². The van der Waals surface area contributed by atoms with Crippen LogP contribution in [0.25, 0.3) is 10.8 Å². The normalized spacial score (nSPS) is 18.7. The quantitative estimate of drug-likeness (QED) is 0.629. The first kappa shape index (κ1) is 18.8. The highest BCUT2D eigenvalue weighted by atomic mass is 19.4. The van der Waals surface area contributed by atoms with Crippen LogP contribution in [0.4, 0.5) is 24.5 Å². The first-order chi connectivity index (χ1) is 13.8. The van der Waals surface area contributed by atoms with Gasteiger partial charge in [-0.3, -0.25) is 20.5 Å². The number of benzene rings is 2. The Labute approximate surface area is 163 Å². The number of rotatable bonds is 3. The van der Waals surface area contributed by atoms with Gasteiger partial charge >= 0.3 is 6.18 Å². The lowest BCUT2D eigenvalue weighted by Crippen LogP contribution is -2.63. The van der Waals surface area contributed by atoms with E-state index < -0.39 is 23.3 Å². The molecule has 2 heterocycles. The van der Waals surface area contributed by atoms with Crippen molar-refractivity contribution in [3.63, 3.8) is 0 Å². The molecule has 4 N–H and O–H groups in total. The van der Waals surface area contributed by atoms with E-state index in [9.17, 15) is 18.0 Å². The number of carbonyl (C=O) groups excluding carboxylic acids is 1. The van der Waals surface area contributed by atoms with E-state index in [1.54, 1.807) is 30.6 Å². The number of fused-ring (bicyclic) bond motifs is 1. The molecule has 3 aromatic rings. The summed E-state index contributed by atoms with van der Waals surface area (Å²) in [5.74, 6) is -0.611. The Bertz CT molecular complexity index is 1110. The van der Waals surface area contributed by atoms with E-state index in [1.807, 2.05) is 6.07 Å². The van der Waals surface area contributed by atoms with Crippen molar-refractivity contribution in [3.05, 3.63) is 78.8 Å². The number of hydrogen-bond acceptors (Lipinski definition) is 5. The molecule has 0 aliphatic carbocycles. The van der Waals surface area contributed by atoms with Crippen molar-refractivity contribution in [3.8, 4) is 0 Å². The van der Waals surface area contributed by atoms with E-state index >= 15 is 0 Å². The Hall–Kier alpha value is -3.59. The SMILES string of the molecule is NC1(C(=O)Nc2cccc3cnccc23)C=CNN1c1cccc(C(F)(F)F)c1. The molecular formula is C20H16F3N5O. The van der Waals surface area contributed by atoms with Gasteiger partial charge in [-0.2, -0.15) is 13.2 Å². The predicted molar refractivity (Wildman–Crippen MR) is 103 cm³/mol. The molecule has 1 aliphatic rings. The summed E-state index contributed by atoms with van der Waals surface area (Å²) in [7, 11) is 0. The first-order valence-corrected chi connectivity index (χ1v) is 8.63. The number of aromatic nitrogens is 1. The highest BCUT2D eigenvalue weighted by molar-refractivity contribution is 6.07. The highest BCUT2D eigenvalue weighted by Crippen LogP contribution is 2.33. The average Bonchev–Trinajstić information content (AvgIpc) is 3.11. The van der Waals surface area contributed by atoms with Gasteiger partial charge < -0.3 is 10.7 Å². The molecule has 148 valence electrons. The third-order valence-corrected chi connectivity index (χ3v) is 4.64. The minimum absolute atomic E-state index is 0.101. The molecule has 6 nitrogen and oxygen atoms in total. The van der Waals surface area contributed by atoms with E-state index in [4.69, 9.17) is 5.73 Å². The van der Waals surface area contributed by atoms with Gasteiger partial charge in [-0.1, -0.05) is 18.2 Å². The van der Waals surface area contributed by atoms with Gasteiger partial charge in [-0.15, -0.1) is 0 Å². The summed E-state index contributed by atoms with van der Waals surface area (Å²) in [6.45, 7) is 0. The number of nitrogens with one attached hydrogen (secondary N) is 2. The zero-order valence-corrected chi connectivity index (χ0v) is 14.9. The molecule has 9 heteroatoms. The number of nitrogens with zero attached hydrogens (tertiary/aromatic N) is 2. The van der Waals surface area contributed by atoms with Crippen LogP contribution in [0.2, 0.25) is 0 Å². The Morgan fingerprint density at radius 2 is 1.97 bits per heavy atom.